The molecule has 3 heterocycles. The maximum Gasteiger partial charge on any atom is 0.237 e. The summed E-state index contributed by atoms with van der Waals surface area (Å²) in [6.07, 6.45) is 4.19. The molecule has 5 rings (SSSR count). The molecule has 174 valence electrons. The number of carbonyl (C=O) groups excluding carboxylic acids is 1. The van der Waals surface area contributed by atoms with Crippen molar-refractivity contribution in [2.45, 2.75) is 37.6 Å². The lowest BCUT2D eigenvalue weighted by atomic mass is 9.98. The average Bonchev–Trinajstić information content (AvgIpc) is 3.51. The number of amides is 1. The summed E-state index contributed by atoms with van der Waals surface area (Å²) in [5.74, 6) is 2.21. The maximum absolute atomic E-state index is 13.4. The van der Waals surface area contributed by atoms with Crippen molar-refractivity contribution in [2.24, 2.45) is 0 Å². The molecule has 2 atom stereocenters. The number of rotatable bonds is 6. The van der Waals surface area contributed by atoms with Crippen LogP contribution in [-0.2, 0) is 4.79 Å². The summed E-state index contributed by atoms with van der Waals surface area (Å²) in [6, 6.07) is 14.2. The molecule has 0 saturated carbocycles. The van der Waals surface area contributed by atoms with Gasteiger partial charge in [0.05, 0.1) is 42.0 Å². The highest BCUT2D eigenvalue weighted by molar-refractivity contribution is 7.18. The van der Waals surface area contributed by atoms with E-state index in [1.807, 2.05) is 29.2 Å². The maximum atomic E-state index is 13.4. The van der Waals surface area contributed by atoms with Gasteiger partial charge >= 0.3 is 0 Å². The Morgan fingerprint density at radius 2 is 1.94 bits per heavy atom. The molecule has 3 aromatic rings. The Labute approximate surface area is 199 Å². The topological polar surface area (TPSA) is 54.9 Å². The van der Waals surface area contributed by atoms with Gasteiger partial charge in [-0.2, -0.15) is 0 Å². The number of hydrogen-bond acceptors (Lipinski definition) is 6. The first-order chi connectivity index (χ1) is 16.2. The van der Waals surface area contributed by atoms with Crippen molar-refractivity contribution in [3.05, 3.63) is 53.0 Å². The third kappa shape index (κ3) is 4.57. The number of likely N-dealkylation sites (tertiary alicyclic amines) is 2. The van der Waals surface area contributed by atoms with E-state index in [4.69, 9.17) is 14.5 Å². The van der Waals surface area contributed by atoms with E-state index in [1.165, 1.54) is 9.71 Å². The standard InChI is InChI=1S/C26H31N3O3S/c1-31-19-11-12-23(32-2)20(15-19)22-9-6-14-29(22)25(30)17-28-13-5-7-18(16-28)26-27-21-8-3-4-10-24(21)33-26/h3-4,8,10-12,15,18,22H,5-7,9,13-14,16-17H2,1-2H3/t18-,22-/m0/s1. The molecular weight excluding hydrogens is 434 g/mol. The van der Waals surface area contributed by atoms with E-state index in [2.05, 4.69) is 23.1 Å². The Hall–Kier alpha value is -2.64. The Morgan fingerprint density at radius 3 is 2.76 bits per heavy atom. The largest absolute Gasteiger partial charge is 0.497 e. The summed E-state index contributed by atoms with van der Waals surface area (Å²) in [5.41, 5.74) is 2.12. The molecule has 1 amide bonds. The van der Waals surface area contributed by atoms with E-state index in [-0.39, 0.29) is 11.9 Å². The number of nitrogens with zero attached hydrogens (tertiary/aromatic N) is 3. The van der Waals surface area contributed by atoms with Crippen LogP contribution in [0.5, 0.6) is 11.5 Å². The van der Waals surface area contributed by atoms with E-state index in [1.54, 1.807) is 25.6 Å². The second-order valence-electron chi connectivity index (χ2n) is 8.95. The van der Waals surface area contributed by atoms with Crippen molar-refractivity contribution in [1.29, 1.82) is 0 Å². The van der Waals surface area contributed by atoms with Gasteiger partial charge in [-0.15, -0.1) is 11.3 Å². The lowest BCUT2D eigenvalue weighted by Gasteiger charge is -2.34. The van der Waals surface area contributed by atoms with Crippen molar-refractivity contribution in [3.8, 4) is 11.5 Å². The molecule has 0 bridgehead atoms. The number of thiazole rings is 1. The zero-order valence-corrected chi connectivity index (χ0v) is 20.1. The van der Waals surface area contributed by atoms with Gasteiger partial charge in [0, 0.05) is 24.6 Å². The zero-order valence-electron chi connectivity index (χ0n) is 19.3. The summed E-state index contributed by atoms with van der Waals surface area (Å²) in [7, 11) is 3.35. The van der Waals surface area contributed by atoms with Gasteiger partial charge in [0.1, 0.15) is 11.5 Å². The van der Waals surface area contributed by atoms with Crippen LogP contribution in [0.2, 0.25) is 0 Å². The van der Waals surface area contributed by atoms with E-state index < -0.39 is 0 Å². The van der Waals surface area contributed by atoms with Gasteiger partial charge in [-0.05, 0) is 62.6 Å². The molecule has 2 aliphatic heterocycles. The predicted octanol–water partition coefficient (Wildman–Crippen LogP) is 4.86. The number of piperidine rings is 1. The quantitative estimate of drug-likeness (QED) is 0.521. The molecule has 2 aromatic carbocycles. The fraction of sp³-hybridized carbons (Fsp3) is 0.462. The van der Waals surface area contributed by atoms with E-state index in [0.29, 0.717) is 12.5 Å². The third-order valence-corrected chi connectivity index (χ3v) is 8.09. The summed E-state index contributed by atoms with van der Waals surface area (Å²) < 4.78 is 12.3. The van der Waals surface area contributed by atoms with Crippen molar-refractivity contribution < 1.29 is 14.3 Å². The van der Waals surface area contributed by atoms with Crippen molar-refractivity contribution in [1.82, 2.24) is 14.8 Å². The van der Waals surface area contributed by atoms with Crippen molar-refractivity contribution in [2.75, 3.05) is 40.4 Å². The number of methoxy groups -OCH3 is 2. The normalized spacial score (nSPS) is 21.5. The van der Waals surface area contributed by atoms with E-state index >= 15 is 0 Å². The fourth-order valence-electron chi connectivity index (χ4n) is 5.24. The molecule has 0 spiro atoms. The van der Waals surface area contributed by atoms with Crippen LogP contribution in [-0.4, -0.2) is 61.1 Å². The first-order valence-electron chi connectivity index (χ1n) is 11.8. The number of fused-ring (bicyclic) bond motifs is 1. The molecule has 2 fully saturated rings. The van der Waals surface area contributed by atoms with Gasteiger partial charge in [-0.1, -0.05) is 12.1 Å². The van der Waals surface area contributed by atoms with Gasteiger partial charge in [0.25, 0.3) is 0 Å². The van der Waals surface area contributed by atoms with Gasteiger partial charge in [-0.25, -0.2) is 4.98 Å². The van der Waals surface area contributed by atoms with Crippen molar-refractivity contribution >= 4 is 27.5 Å². The zero-order chi connectivity index (χ0) is 22.8. The molecule has 2 aliphatic rings. The second-order valence-corrected chi connectivity index (χ2v) is 10.0. The van der Waals surface area contributed by atoms with Crippen LogP contribution in [0.3, 0.4) is 0 Å². The second kappa shape index (κ2) is 9.69. The Bertz CT molecular complexity index is 1100. The molecule has 6 nitrogen and oxygen atoms in total. The van der Waals surface area contributed by atoms with Gasteiger partial charge in [-0.3, -0.25) is 9.69 Å². The Kier molecular flexibility index (Phi) is 6.51. The number of hydrogen-bond donors (Lipinski definition) is 0. The van der Waals surface area contributed by atoms with Gasteiger partial charge in [0.2, 0.25) is 5.91 Å². The summed E-state index contributed by atoms with van der Waals surface area (Å²) >= 11 is 1.80. The highest BCUT2D eigenvalue weighted by Gasteiger charge is 2.34. The van der Waals surface area contributed by atoms with Crippen LogP contribution in [0.25, 0.3) is 10.2 Å². The van der Waals surface area contributed by atoms with Crippen LogP contribution >= 0.6 is 11.3 Å². The molecule has 0 N–H and O–H groups in total. The molecule has 0 aliphatic carbocycles. The van der Waals surface area contributed by atoms with Crippen LogP contribution in [0.4, 0.5) is 0 Å². The van der Waals surface area contributed by atoms with E-state index in [0.717, 1.165) is 67.9 Å². The monoisotopic (exact) mass is 465 g/mol. The molecule has 2 saturated heterocycles. The number of carbonyl (C=O) groups is 1. The highest BCUT2D eigenvalue weighted by Crippen LogP contribution is 2.39. The van der Waals surface area contributed by atoms with Crippen molar-refractivity contribution in [3.63, 3.8) is 0 Å². The highest BCUT2D eigenvalue weighted by atomic mass is 32.1. The molecule has 7 heteroatoms. The molecular formula is C26H31N3O3S. The first-order valence-corrected chi connectivity index (χ1v) is 12.6. The smallest absolute Gasteiger partial charge is 0.237 e. The van der Waals surface area contributed by atoms with E-state index in [9.17, 15) is 4.79 Å². The predicted molar refractivity (Wildman–Crippen MR) is 131 cm³/mol. The third-order valence-electron chi connectivity index (χ3n) is 6.89. The van der Waals surface area contributed by atoms with Crippen LogP contribution < -0.4 is 9.47 Å². The van der Waals surface area contributed by atoms with Gasteiger partial charge in [0.15, 0.2) is 0 Å². The first kappa shape index (κ1) is 22.2. The summed E-state index contributed by atoms with van der Waals surface area (Å²) in [6.45, 7) is 3.11. The molecule has 0 radical (unpaired) electrons. The minimum atomic E-state index is 0.0346. The minimum Gasteiger partial charge on any atom is -0.497 e. The molecule has 1 aromatic heterocycles. The number of ether oxygens (including phenoxy) is 2. The average molecular weight is 466 g/mol. The van der Waals surface area contributed by atoms with Crippen LogP contribution in [0.15, 0.2) is 42.5 Å². The number of benzene rings is 2. The molecule has 0 unspecified atom stereocenters. The number of para-hydroxylation sites is 1. The molecule has 33 heavy (non-hydrogen) atoms. The van der Waals surface area contributed by atoms with Crippen LogP contribution in [0, 0.1) is 0 Å². The fourth-order valence-corrected chi connectivity index (χ4v) is 6.33. The Balaban J connectivity index is 1.28. The van der Waals surface area contributed by atoms with Crippen LogP contribution in [0.1, 0.15) is 48.2 Å². The Morgan fingerprint density at radius 1 is 1.09 bits per heavy atom. The summed E-state index contributed by atoms with van der Waals surface area (Å²) in [5, 5.41) is 1.20. The lowest BCUT2D eigenvalue weighted by molar-refractivity contribution is -0.133. The summed E-state index contributed by atoms with van der Waals surface area (Å²) in [4.78, 5) is 22.7. The van der Waals surface area contributed by atoms with Gasteiger partial charge < -0.3 is 14.4 Å². The SMILES string of the molecule is COc1ccc(OC)c([C@@H]2CCCN2C(=O)CN2CCC[C@H](c3nc4ccccc4s3)C2)c1. The minimum absolute atomic E-state index is 0.0346. The number of aromatic nitrogens is 1. The lowest BCUT2D eigenvalue weighted by Crippen LogP contribution is -2.43.